The largest absolute Gasteiger partial charge is 0.389 e. The fourth-order valence-electron chi connectivity index (χ4n) is 4.07. The summed E-state index contributed by atoms with van der Waals surface area (Å²) in [6.45, 7) is 2.36. The topological polar surface area (TPSA) is 43.8 Å². The number of likely N-dealkylation sites (N-methyl/N-ethyl adjacent to an activating group) is 1. The second-order valence-corrected chi connectivity index (χ2v) is 7.56. The van der Waals surface area contributed by atoms with Gasteiger partial charge < -0.3 is 10.0 Å². The molecule has 4 nitrogen and oxygen atoms in total. The number of likely N-dealkylation sites (tertiary alicyclic amines) is 2. The van der Waals surface area contributed by atoms with Gasteiger partial charge in [-0.05, 0) is 44.8 Å². The van der Waals surface area contributed by atoms with Gasteiger partial charge in [0.05, 0.1) is 11.6 Å². The van der Waals surface area contributed by atoms with E-state index in [4.69, 9.17) is 0 Å². The summed E-state index contributed by atoms with van der Waals surface area (Å²) in [5.41, 5.74) is 0.497. The van der Waals surface area contributed by atoms with Gasteiger partial charge in [0.2, 0.25) is 5.91 Å². The minimum atomic E-state index is -0.673. The molecular weight excluding hydrogens is 300 g/mol. The standard InChI is InChI=1S/C20H30N2O2/c1-21-13-7-3-6-10-18(21)19(23)22-14-11-20(24,12-15-22)16-17-8-4-2-5-9-17/h2,4-5,8-9,18,24H,3,6-7,10-16H2,1H3. The van der Waals surface area contributed by atoms with Crippen LogP contribution in [0.4, 0.5) is 0 Å². The van der Waals surface area contributed by atoms with Crippen LogP contribution >= 0.6 is 0 Å². The van der Waals surface area contributed by atoms with Gasteiger partial charge in [-0.1, -0.05) is 43.2 Å². The van der Waals surface area contributed by atoms with Crippen molar-refractivity contribution in [2.24, 2.45) is 0 Å². The predicted octanol–water partition coefficient (Wildman–Crippen LogP) is 2.46. The molecule has 2 heterocycles. The molecule has 1 atom stereocenters. The highest BCUT2D eigenvalue weighted by Gasteiger charge is 2.36. The number of piperidine rings is 1. The Hall–Kier alpha value is -1.39. The molecule has 0 radical (unpaired) electrons. The summed E-state index contributed by atoms with van der Waals surface area (Å²) in [6, 6.07) is 10.2. The molecule has 24 heavy (non-hydrogen) atoms. The van der Waals surface area contributed by atoms with E-state index in [1.807, 2.05) is 23.1 Å². The van der Waals surface area contributed by atoms with Crippen LogP contribution < -0.4 is 0 Å². The van der Waals surface area contributed by atoms with E-state index in [-0.39, 0.29) is 11.9 Å². The van der Waals surface area contributed by atoms with E-state index in [9.17, 15) is 9.90 Å². The zero-order chi connectivity index (χ0) is 17.0. The molecule has 1 aromatic carbocycles. The highest BCUT2D eigenvalue weighted by Crippen LogP contribution is 2.28. The summed E-state index contributed by atoms with van der Waals surface area (Å²) >= 11 is 0. The smallest absolute Gasteiger partial charge is 0.239 e. The fourth-order valence-corrected chi connectivity index (χ4v) is 4.07. The van der Waals surface area contributed by atoms with Crippen molar-refractivity contribution in [3.05, 3.63) is 35.9 Å². The van der Waals surface area contributed by atoms with Crippen molar-refractivity contribution in [1.29, 1.82) is 0 Å². The second kappa shape index (κ2) is 7.66. The highest BCUT2D eigenvalue weighted by atomic mass is 16.3. The first-order valence-corrected chi connectivity index (χ1v) is 9.33. The number of amides is 1. The molecule has 0 aromatic heterocycles. The van der Waals surface area contributed by atoms with Crippen molar-refractivity contribution in [2.45, 2.75) is 56.6 Å². The summed E-state index contributed by atoms with van der Waals surface area (Å²) in [5.74, 6) is 0.265. The van der Waals surface area contributed by atoms with Gasteiger partial charge in [-0.3, -0.25) is 9.69 Å². The zero-order valence-corrected chi connectivity index (χ0v) is 14.8. The van der Waals surface area contributed by atoms with Crippen LogP contribution in [0.1, 0.15) is 44.1 Å². The average molecular weight is 330 g/mol. The second-order valence-electron chi connectivity index (χ2n) is 7.56. The van der Waals surface area contributed by atoms with Gasteiger partial charge in [-0.25, -0.2) is 0 Å². The molecule has 2 aliphatic heterocycles. The van der Waals surface area contributed by atoms with Crippen LogP contribution in [0.25, 0.3) is 0 Å². The van der Waals surface area contributed by atoms with Crippen molar-refractivity contribution in [3.63, 3.8) is 0 Å². The van der Waals surface area contributed by atoms with E-state index >= 15 is 0 Å². The molecule has 1 N–H and O–H groups in total. The zero-order valence-electron chi connectivity index (χ0n) is 14.8. The summed E-state index contributed by atoms with van der Waals surface area (Å²) < 4.78 is 0. The fraction of sp³-hybridized carbons (Fsp3) is 0.650. The number of hydrogen-bond donors (Lipinski definition) is 1. The Balaban J connectivity index is 1.56. The molecule has 0 spiro atoms. The Bertz CT molecular complexity index is 538. The number of aliphatic hydroxyl groups is 1. The molecule has 1 amide bonds. The average Bonchev–Trinajstić information content (AvgIpc) is 2.80. The van der Waals surface area contributed by atoms with E-state index in [0.717, 1.165) is 19.4 Å². The normalized spacial score (nSPS) is 25.2. The summed E-state index contributed by atoms with van der Waals surface area (Å²) in [4.78, 5) is 17.1. The Kier molecular flexibility index (Phi) is 5.57. The molecule has 4 heteroatoms. The molecule has 3 rings (SSSR count). The molecular formula is C20H30N2O2. The van der Waals surface area contributed by atoms with Gasteiger partial charge >= 0.3 is 0 Å². The number of carbonyl (C=O) groups excluding carboxylic acids is 1. The van der Waals surface area contributed by atoms with Crippen molar-refractivity contribution in [1.82, 2.24) is 9.80 Å². The molecule has 1 aromatic rings. The third kappa shape index (κ3) is 4.17. The minimum absolute atomic E-state index is 0.0350. The van der Waals surface area contributed by atoms with E-state index in [0.29, 0.717) is 32.4 Å². The van der Waals surface area contributed by atoms with Crippen LogP contribution in [0.15, 0.2) is 30.3 Å². The molecule has 2 aliphatic rings. The number of benzene rings is 1. The quantitative estimate of drug-likeness (QED) is 0.926. The Labute approximate surface area is 145 Å². The molecule has 0 bridgehead atoms. The van der Waals surface area contributed by atoms with Gasteiger partial charge in [-0.2, -0.15) is 0 Å². The van der Waals surface area contributed by atoms with Crippen LogP contribution in [0.2, 0.25) is 0 Å². The lowest BCUT2D eigenvalue weighted by atomic mass is 9.85. The number of carbonyl (C=O) groups is 1. The van der Waals surface area contributed by atoms with Crippen molar-refractivity contribution >= 4 is 5.91 Å². The third-order valence-corrected chi connectivity index (χ3v) is 5.69. The monoisotopic (exact) mass is 330 g/mol. The van der Waals surface area contributed by atoms with Crippen LogP contribution in [0.3, 0.4) is 0 Å². The molecule has 2 fully saturated rings. The summed E-state index contributed by atoms with van der Waals surface area (Å²) in [6.07, 6.45) is 6.56. The van der Waals surface area contributed by atoms with Crippen molar-refractivity contribution in [2.75, 3.05) is 26.7 Å². The van der Waals surface area contributed by atoms with Gasteiger partial charge in [0.1, 0.15) is 0 Å². The lowest BCUT2D eigenvalue weighted by molar-refractivity contribution is -0.140. The summed E-state index contributed by atoms with van der Waals surface area (Å²) in [7, 11) is 2.07. The maximum absolute atomic E-state index is 12.9. The molecule has 132 valence electrons. The first kappa shape index (κ1) is 17.4. The molecule has 0 aliphatic carbocycles. The van der Waals surface area contributed by atoms with E-state index < -0.39 is 5.60 Å². The molecule has 1 unspecified atom stereocenters. The lowest BCUT2D eigenvalue weighted by Gasteiger charge is -2.40. The van der Waals surface area contributed by atoms with Gasteiger partial charge in [0, 0.05) is 19.5 Å². The SMILES string of the molecule is CN1CCCCCC1C(=O)N1CCC(O)(Cc2ccccc2)CC1. The highest BCUT2D eigenvalue weighted by molar-refractivity contribution is 5.82. The van der Waals surface area contributed by atoms with Crippen LogP contribution in [-0.4, -0.2) is 59.1 Å². The van der Waals surface area contributed by atoms with Gasteiger partial charge in [0.15, 0.2) is 0 Å². The first-order chi connectivity index (χ1) is 11.6. The van der Waals surface area contributed by atoms with E-state index in [1.54, 1.807) is 0 Å². The first-order valence-electron chi connectivity index (χ1n) is 9.33. The Morgan fingerprint density at radius 2 is 1.83 bits per heavy atom. The number of nitrogens with zero attached hydrogens (tertiary/aromatic N) is 2. The Morgan fingerprint density at radius 3 is 2.54 bits per heavy atom. The molecule has 2 saturated heterocycles. The maximum Gasteiger partial charge on any atom is 0.239 e. The van der Waals surface area contributed by atoms with Crippen LogP contribution in [0, 0.1) is 0 Å². The summed E-state index contributed by atoms with van der Waals surface area (Å²) in [5, 5.41) is 10.9. The third-order valence-electron chi connectivity index (χ3n) is 5.69. The molecule has 0 saturated carbocycles. The van der Waals surface area contributed by atoms with Crippen molar-refractivity contribution in [3.8, 4) is 0 Å². The van der Waals surface area contributed by atoms with Gasteiger partial charge in [0.25, 0.3) is 0 Å². The van der Waals surface area contributed by atoms with E-state index in [2.05, 4.69) is 24.1 Å². The maximum atomic E-state index is 12.9. The van der Waals surface area contributed by atoms with Crippen molar-refractivity contribution < 1.29 is 9.90 Å². The number of rotatable bonds is 3. The van der Waals surface area contributed by atoms with E-state index in [1.165, 1.54) is 18.4 Å². The lowest BCUT2D eigenvalue weighted by Crippen LogP contribution is -2.53. The minimum Gasteiger partial charge on any atom is -0.389 e. The van der Waals surface area contributed by atoms with Crippen LogP contribution in [-0.2, 0) is 11.2 Å². The number of hydrogen-bond acceptors (Lipinski definition) is 3. The van der Waals surface area contributed by atoms with Gasteiger partial charge in [-0.15, -0.1) is 0 Å². The Morgan fingerprint density at radius 1 is 1.12 bits per heavy atom. The predicted molar refractivity (Wildman–Crippen MR) is 95.8 cm³/mol. The van der Waals surface area contributed by atoms with Crippen LogP contribution in [0.5, 0.6) is 0 Å².